The van der Waals surface area contributed by atoms with Crippen LogP contribution in [-0.2, 0) is 0 Å². The van der Waals surface area contributed by atoms with Crippen LogP contribution in [0, 0.1) is 11.3 Å². The van der Waals surface area contributed by atoms with E-state index in [0.717, 1.165) is 0 Å². The maximum Gasteiger partial charge on any atom is 0.319 e. The molecule has 0 aliphatic rings. The van der Waals surface area contributed by atoms with Gasteiger partial charge in [-0.05, 0) is 37.6 Å². The molecule has 5 nitrogen and oxygen atoms in total. The van der Waals surface area contributed by atoms with Gasteiger partial charge in [0.05, 0.1) is 11.6 Å². The van der Waals surface area contributed by atoms with E-state index in [2.05, 4.69) is 10.6 Å². The highest BCUT2D eigenvalue weighted by molar-refractivity contribution is 5.89. The molecule has 1 aromatic rings. The number of carbonyl (C=O) groups is 1. The zero-order chi connectivity index (χ0) is 12.7. The Kier molecular flexibility index (Phi) is 4.98. The molecular formula is C12H15N3O2. The molecule has 17 heavy (non-hydrogen) atoms. The fraction of sp³-hybridized carbons (Fsp3) is 0.333. The Morgan fingerprint density at radius 2 is 2.12 bits per heavy atom. The average Bonchev–Trinajstić information content (AvgIpc) is 2.30. The first-order valence-electron chi connectivity index (χ1n) is 5.34. The summed E-state index contributed by atoms with van der Waals surface area (Å²) in [5, 5.41) is 22.6. The third kappa shape index (κ3) is 4.53. The molecule has 0 unspecified atom stereocenters. The van der Waals surface area contributed by atoms with Gasteiger partial charge in [0, 0.05) is 18.3 Å². The lowest BCUT2D eigenvalue weighted by atomic mass is 10.2. The molecule has 0 saturated carbocycles. The predicted molar refractivity (Wildman–Crippen MR) is 64.5 cm³/mol. The predicted octanol–water partition coefficient (Wildman–Crippen LogP) is 1.45. The van der Waals surface area contributed by atoms with Crippen LogP contribution in [0.5, 0.6) is 0 Å². The number of nitrogens with one attached hydrogen (secondary N) is 2. The van der Waals surface area contributed by atoms with E-state index in [1.54, 1.807) is 24.3 Å². The number of aliphatic hydroxyl groups excluding tert-OH is 1. The summed E-state index contributed by atoms with van der Waals surface area (Å²) in [5.41, 5.74) is 1.17. The first kappa shape index (κ1) is 13.0. The van der Waals surface area contributed by atoms with Gasteiger partial charge in [-0.3, -0.25) is 0 Å². The van der Waals surface area contributed by atoms with Crippen LogP contribution in [0.4, 0.5) is 10.5 Å². The lowest BCUT2D eigenvalue weighted by molar-refractivity contribution is 0.241. The number of anilines is 1. The minimum atomic E-state index is -0.323. The van der Waals surface area contributed by atoms with Gasteiger partial charge in [-0.25, -0.2) is 4.79 Å². The van der Waals surface area contributed by atoms with E-state index < -0.39 is 0 Å². The SMILES string of the molecule is C[C@H](CCO)NC(=O)Nc1ccc(C#N)cc1. The van der Waals surface area contributed by atoms with E-state index in [4.69, 9.17) is 10.4 Å². The molecule has 3 N–H and O–H groups in total. The molecule has 5 heteroatoms. The Labute approximate surface area is 100 Å². The normalized spacial score (nSPS) is 11.4. The van der Waals surface area contributed by atoms with Crippen LogP contribution < -0.4 is 10.6 Å². The molecule has 90 valence electrons. The maximum absolute atomic E-state index is 11.5. The summed E-state index contributed by atoms with van der Waals surface area (Å²) < 4.78 is 0. The summed E-state index contributed by atoms with van der Waals surface area (Å²) in [4.78, 5) is 11.5. The van der Waals surface area contributed by atoms with Crippen LogP contribution in [0.3, 0.4) is 0 Å². The molecular weight excluding hydrogens is 218 g/mol. The van der Waals surface area contributed by atoms with Crippen molar-refractivity contribution >= 4 is 11.7 Å². The van der Waals surface area contributed by atoms with Crippen molar-refractivity contribution in [2.24, 2.45) is 0 Å². The lowest BCUT2D eigenvalue weighted by Gasteiger charge is -2.13. The largest absolute Gasteiger partial charge is 0.396 e. The Morgan fingerprint density at radius 1 is 1.47 bits per heavy atom. The van der Waals surface area contributed by atoms with Gasteiger partial charge in [0.2, 0.25) is 0 Å². The molecule has 0 heterocycles. The van der Waals surface area contributed by atoms with E-state index in [1.165, 1.54) is 0 Å². The second-order valence-electron chi connectivity index (χ2n) is 3.70. The third-order valence-electron chi connectivity index (χ3n) is 2.21. The first-order chi connectivity index (χ1) is 8.15. The fourth-order valence-corrected chi connectivity index (χ4v) is 1.28. The van der Waals surface area contributed by atoms with E-state index in [-0.39, 0.29) is 18.7 Å². The number of amides is 2. The van der Waals surface area contributed by atoms with Crippen LogP contribution >= 0.6 is 0 Å². The second-order valence-corrected chi connectivity index (χ2v) is 3.70. The quantitative estimate of drug-likeness (QED) is 0.735. The zero-order valence-corrected chi connectivity index (χ0v) is 9.60. The van der Waals surface area contributed by atoms with Gasteiger partial charge >= 0.3 is 6.03 Å². The summed E-state index contributed by atoms with van der Waals surface area (Å²) in [6, 6.07) is 8.18. The molecule has 1 atom stereocenters. The van der Waals surface area contributed by atoms with Gasteiger partial charge < -0.3 is 15.7 Å². The molecule has 0 spiro atoms. The minimum absolute atomic E-state index is 0.0400. The highest BCUT2D eigenvalue weighted by Crippen LogP contribution is 2.08. The van der Waals surface area contributed by atoms with Crippen molar-refractivity contribution in [3.63, 3.8) is 0 Å². The Hall–Kier alpha value is -2.06. The molecule has 2 amide bonds. The number of carbonyl (C=O) groups excluding carboxylic acids is 1. The molecule has 0 aromatic heterocycles. The molecule has 0 aliphatic carbocycles. The molecule has 0 aliphatic heterocycles. The smallest absolute Gasteiger partial charge is 0.319 e. The van der Waals surface area contributed by atoms with Gasteiger partial charge in [0.1, 0.15) is 0 Å². The number of benzene rings is 1. The summed E-state index contributed by atoms with van der Waals surface area (Å²) in [6.07, 6.45) is 0.515. The Bertz CT molecular complexity index is 409. The van der Waals surface area contributed by atoms with Crippen LogP contribution in [-0.4, -0.2) is 23.8 Å². The van der Waals surface area contributed by atoms with Crippen molar-refractivity contribution in [1.82, 2.24) is 5.32 Å². The number of nitrogens with zero attached hydrogens (tertiary/aromatic N) is 1. The molecule has 0 saturated heterocycles. The van der Waals surface area contributed by atoms with Gasteiger partial charge in [0.25, 0.3) is 0 Å². The number of rotatable bonds is 4. The number of hydrogen-bond acceptors (Lipinski definition) is 3. The monoisotopic (exact) mass is 233 g/mol. The third-order valence-corrected chi connectivity index (χ3v) is 2.21. The van der Waals surface area contributed by atoms with E-state index in [0.29, 0.717) is 17.7 Å². The van der Waals surface area contributed by atoms with Gasteiger partial charge in [0.15, 0.2) is 0 Å². The minimum Gasteiger partial charge on any atom is -0.396 e. The van der Waals surface area contributed by atoms with Crippen molar-refractivity contribution in [2.45, 2.75) is 19.4 Å². The second kappa shape index (κ2) is 6.51. The molecule has 0 fully saturated rings. The van der Waals surface area contributed by atoms with E-state index in [1.807, 2.05) is 13.0 Å². The van der Waals surface area contributed by atoms with E-state index >= 15 is 0 Å². The Morgan fingerprint density at radius 3 is 2.65 bits per heavy atom. The van der Waals surface area contributed by atoms with Crippen molar-refractivity contribution < 1.29 is 9.90 Å². The first-order valence-corrected chi connectivity index (χ1v) is 5.34. The fourth-order valence-electron chi connectivity index (χ4n) is 1.28. The maximum atomic E-state index is 11.5. The highest BCUT2D eigenvalue weighted by atomic mass is 16.3. The Balaban J connectivity index is 2.48. The molecule has 1 aromatic carbocycles. The van der Waals surface area contributed by atoms with Crippen LogP contribution in [0.15, 0.2) is 24.3 Å². The van der Waals surface area contributed by atoms with Crippen molar-refractivity contribution in [3.8, 4) is 6.07 Å². The van der Waals surface area contributed by atoms with Crippen LogP contribution in [0.2, 0.25) is 0 Å². The molecule has 1 rings (SSSR count). The topological polar surface area (TPSA) is 85.2 Å². The van der Waals surface area contributed by atoms with Crippen molar-refractivity contribution in [2.75, 3.05) is 11.9 Å². The van der Waals surface area contributed by atoms with E-state index in [9.17, 15) is 4.79 Å². The lowest BCUT2D eigenvalue weighted by Crippen LogP contribution is -2.36. The van der Waals surface area contributed by atoms with Crippen LogP contribution in [0.1, 0.15) is 18.9 Å². The number of aliphatic hydroxyl groups is 1. The number of hydrogen-bond donors (Lipinski definition) is 3. The summed E-state index contributed by atoms with van der Waals surface area (Å²) in [7, 11) is 0. The highest BCUT2D eigenvalue weighted by Gasteiger charge is 2.06. The number of urea groups is 1. The zero-order valence-electron chi connectivity index (χ0n) is 9.60. The molecule has 0 radical (unpaired) electrons. The standard InChI is InChI=1S/C12H15N3O2/c1-9(6-7-16)14-12(17)15-11-4-2-10(8-13)3-5-11/h2-5,9,16H,6-7H2,1H3,(H2,14,15,17)/t9-/m1/s1. The van der Waals surface area contributed by atoms with Gasteiger partial charge in [-0.2, -0.15) is 5.26 Å². The summed E-state index contributed by atoms with van der Waals surface area (Å²) in [5.74, 6) is 0. The average molecular weight is 233 g/mol. The number of nitriles is 1. The van der Waals surface area contributed by atoms with Crippen molar-refractivity contribution in [3.05, 3.63) is 29.8 Å². The van der Waals surface area contributed by atoms with Gasteiger partial charge in [-0.15, -0.1) is 0 Å². The van der Waals surface area contributed by atoms with Crippen LogP contribution in [0.25, 0.3) is 0 Å². The summed E-state index contributed by atoms with van der Waals surface area (Å²) in [6.45, 7) is 1.85. The molecule has 0 bridgehead atoms. The van der Waals surface area contributed by atoms with Gasteiger partial charge in [-0.1, -0.05) is 0 Å². The van der Waals surface area contributed by atoms with Crippen molar-refractivity contribution in [1.29, 1.82) is 5.26 Å². The summed E-state index contributed by atoms with van der Waals surface area (Å²) >= 11 is 0.